The number of hydrogen-bond acceptors (Lipinski definition) is 2. The van der Waals surface area contributed by atoms with Gasteiger partial charge in [0.15, 0.2) is 0 Å². The summed E-state index contributed by atoms with van der Waals surface area (Å²) in [6.07, 6.45) is 0. The highest BCUT2D eigenvalue weighted by atomic mass is 16.5. The maximum Gasteiger partial charge on any atom is 0.213 e. The van der Waals surface area contributed by atoms with Crippen LogP contribution in [0.2, 0.25) is 0 Å². The number of rotatable bonds is 3. The van der Waals surface area contributed by atoms with Crippen molar-refractivity contribution < 1.29 is 4.74 Å². The van der Waals surface area contributed by atoms with Crippen molar-refractivity contribution >= 4 is 5.90 Å². The van der Waals surface area contributed by atoms with Crippen LogP contribution < -0.4 is 0 Å². The standard InChI is InChI=1S/C11H15NO/c1-9(2)8-13-11(12)10-6-4-3-5-7-10/h3-7,9,12H,8H2,1-2H3. The zero-order valence-electron chi connectivity index (χ0n) is 8.08. The molecule has 1 N–H and O–H groups in total. The lowest BCUT2D eigenvalue weighted by molar-refractivity contribution is 0.257. The van der Waals surface area contributed by atoms with Gasteiger partial charge >= 0.3 is 0 Å². The van der Waals surface area contributed by atoms with Crippen molar-refractivity contribution in [2.45, 2.75) is 13.8 Å². The van der Waals surface area contributed by atoms with Crippen LogP contribution in [-0.4, -0.2) is 12.5 Å². The molecule has 70 valence electrons. The molecular formula is C11H15NO. The van der Waals surface area contributed by atoms with E-state index in [4.69, 9.17) is 10.1 Å². The Morgan fingerprint density at radius 2 is 1.92 bits per heavy atom. The minimum absolute atomic E-state index is 0.259. The number of nitrogens with one attached hydrogen (secondary N) is 1. The Kier molecular flexibility index (Phi) is 3.50. The largest absolute Gasteiger partial charge is 0.477 e. The minimum atomic E-state index is 0.259. The first kappa shape index (κ1) is 9.78. The summed E-state index contributed by atoms with van der Waals surface area (Å²) in [5, 5.41) is 7.60. The highest BCUT2D eigenvalue weighted by molar-refractivity contribution is 5.91. The van der Waals surface area contributed by atoms with Crippen LogP contribution in [0.1, 0.15) is 19.4 Å². The Morgan fingerprint density at radius 3 is 2.46 bits per heavy atom. The summed E-state index contributed by atoms with van der Waals surface area (Å²) in [4.78, 5) is 0. The molecule has 1 rings (SSSR count). The Hall–Kier alpha value is -1.31. The van der Waals surface area contributed by atoms with Crippen LogP contribution in [0, 0.1) is 11.3 Å². The van der Waals surface area contributed by atoms with Crippen molar-refractivity contribution in [3.8, 4) is 0 Å². The molecule has 0 spiro atoms. The van der Waals surface area contributed by atoms with E-state index in [0.29, 0.717) is 12.5 Å². The van der Waals surface area contributed by atoms with E-state index in [2.05, 4.69) is 13.8 Å². The second kappa shape index (κ2) is 4.65. The van der Waals surface area contributed by atoms with Gasteiger partial charge in [0, 0.05) is 5.56 Å². The fraction of sp³-hybridized carbons (Fsp3) is 0.364. The molecule has 0 radical (unpaired) electrons. The predicted octanol–water partition coefficient (Wildman–Crippen LogP) is 2.68. The highest BCUT2D eigenvalue weighted by Gasteiger charge is 2.01. The second-order valence-electron chi connectivity index (χ2n) is 3.40. The molecule has 1 aromatic rings. The number of hydrogen-bond donors (Lipinski definition) is 1. The average molecular weight is 177 g/mol. The quantitative estimate of drug-likeness (QED) is 0.559. The summed E-state index contributed by atoms with van der Waals surface area (Å²) >= 11 is 0. The van der Waals surface area contributed by atoms with Crippen LogP contribution in [0.3, 0.4) is 0 Å². The normalized spacial score (nSPS) is 10.1. The molecule has 2 nitrogen and oxygen atoms in total. The lowest BCUT2D eigenvalue weighted by atomic mass is 10.2. The van der Waals surface area contributed by atoms with Crippen molar-refractivity contribution in [2.24, 2.45) is 5.92 Å². The van der Waals surface area contributed by atoms with Crippen molar-refractivity contribution in [2.75, 3.05) is 6.61 Å². The third kappa shape index (κ3) is 3.28. The first-order chi connectivity index (χ1) is 6.20. The molecule has 0 fully saturated rings. The van der Waals surface area contributed by atoms with E-state index in [1.165, 1.54) is 0 Å². The van der Waals surface area contributed by atoms with Crippen LogP contribution in [0.25, 0.3) is 0 Å². The Bertz CT molecular complexity index is 267. The zero-order valence-corrected chi connectivity index (χ0v) is 8.08. The van der Waals surface area contributed by atoms with Gasteiger partial charge in [-0.15, -0.1) is 0 Å². The predicted molar refractivity (Wildman–Crippen MR) is 54.1 cm³/mol. The molecule has 0 aliphatic rings. The lowest BCUT2D eigenvalue weighted by Gasteiger charge is -2.08. The van der Waals surface area contributed by atoms with Gasteiger partial charge in [0.05, 0.1) is 6.61 Å². The van der Waals surface area contributed by atoms with Gasteiger partial charge in [-0.1, -0.05) is 32.0 Å². The Labute approximate surface area is 79.1 Å². The summed E-state index contributed by atoms with van der Waals surface area (Å²) in [7, 11) is 0. The number of ether oxygens (including phenoxy) is 1. The highest BCUT2D eigenvalue weighted by Crippen LogP contribution is 2.02. The van der Waals surface area contributed by atoms with Crippen molar-refractivity contribution in [1.29, 1.82) is 5.41 Å². The van der Waals surface area contributed by atoms with Crippen molar-refractivity contribution in [3.05, 3.63) is 35.9 Å². The van der Waals surface area contributed by atoms with E-state index >= 15 is 0 Å². The average Bonchev–Trinajstić information content (AvgIpc) is 2.15. The molecule has 0 unspecified atom stereocenters. The van der Waals surface area contributed by atoms with Gasteiger partial charge in [-0.05, 0) is 18.1 Å². The van der Waals surface area contributed by atoms with Gasteiger partial charge < -0.3 is 4.74 Å². The Balaban J connectivity index is 2.50. The first-order valence-corrected chi connectivity index (χ1v) is 4.47. The molecule has 0 saturated heterocycles. The van der Waals surface area contributed by atoms with Crippen LogP contribution in [0.5, 0.6) is 0 Å². The van der Waals surface area contributed by atoms with E-state index in [0.717, 1.165) is 5.56 Å². The fourth-order valence-electron chi connectivity index (χ4n) is 0.923. The molecule has 0 bridgehead atoms. The van der Waals surface area contributed by atoms with Gasteiger partial charge in [0.25, 0.3) is 0 Å². The SMILES string of the molecule is CC(C)COC(=N)c1ccccc1. The molecule has 13 heavy (non-hydrogen) atoms. The molecule has 0 heterocycles. The molecular weight excluding hydrogens is 162 g/mol. The molecule has 0 saturated carbocycles. The van der Waals surface area contributed by atoms with Crippen molar-refractivity contribution in [1.82, 2.24) is 0 Å². The molecule has 0 aromatic heterocycles. The van der Waals surface area contributed by atoms with E-state index in [9.17, 15) is 0 Å². The maximum atomic E-state index is 7.60. The second-order valence-corrected chi connectivity index (χ2v) is 3.40. The first-order valence-electron chi connectivity index (χ1n) is 4.47. The fourth-order valence-corrected chi connectivity index (χ4v) is 0.923. The third-order valence-corrected chi connectivity index (χ3v) is 1.60. The summed E-state index contributed by atoms with van der Waals surface area (Å²) < 4.78 is 5.27. The van der Waals surface area contributed by atoms with Gasteiger partial charge in [-0.3, -0.25) is 5.41 Å². The molecule has 2 heteroatoms. The van der Waals surface area contributed by atoms with E-state index < -0.39 is 0 Å². The molecule has 0 aliphatic carbocycles. The summed E-state index contributed by atoms with van der Waals surface area (Å²) in [6, 6.07) is 9.50. The molecule has 0 amide bonds. The Morgan fingerprint density at radius 1 is 1.31 bits per heavy atom. The van der Waals surface area contributed by atoms with Crippen LogP contribution in [0.4, 0.5) is 0 Å². The number of benzene rings is 1. The van der Waals surface area contributed by atoms with Gasteiger partial charge in [0.2, 0.25) is 5.90 Å². The van der Waals surface area contributed by atoms with Gasteiger partial charge in [-0.25, -0.2) is 0 Å². The monoisotopic (exact) mass is 177 g/mol. The van der Waals surface area contributed by atoms with E-state index in [-0.39, 0.29) is 5.90 Å². The van der Waals surface area contributed by atoms with Crippen LogP contribution in [0.15, 0.2) is 30.3 Å². The zero-order chi connectivity index (χ0) is 9.68. The van der Waals surface area contributed by atoms with Crippen LogP contribution in [-0.2, 0) is 4.74 Å². The third-order valence-electron chi connectivity index (χ3n) is 1.60. The van der Waals surface area contributed by atoms with E-state index in [1.54, 1.807) is 0 Å². The summed E-state index contributed by atoms with van der Waals surface area (Å²) in [5.41, 5.74) is 0.836. The van der Waals surface area contributed by atoms with E-state index in [1.807, 2.05) is 30.3 Å². The summed E-state index contributed by atoms with van der Waals surface area (Å²) in [6.45, 7) is 4.74. The topological polar surface area (TPSA) is 33.1 Å². The molecule has 0 aliphatic heterocycles. The van der Waals surface area contributed by atoms with Crippen LogP contribution >= 0.6 is 0 Å². The maximum absolute atomic E-state index is 7.60. The van der Waals surface area contributed by atoms with Gasteiger partial charge in [0.1, 0.15) is 0 Å². The van der Waals surface area contributed by atoms with Crippen molar-refractivity contribution in [3.63, 3.8) is 0 Å². The minimum Gasteiger partial charge on any atom is -0.477 e. The van der Waals surface area contributed by atoms with Gasteiger partial charge in [-0.2, -0.15) is 0 Å². The lowest BCUT2D eigenvalue weighted by Crippen LogP contribution is -2.09. The smallest absolute Gasteiger partial charge is 0.213 e. The molecule has 1 aromatic carbocycles. The summed E-state index contributed by atoms with van der Waals surface area (Å²) in [5.74, 6) is 0.721. The molecule has 0 atom stereocenters.